The molecular weight excluding hydrogens is 780 g/mol. The Labute approximate surface area is 355 Å². The monoisotopic (exact) mass is 838 g/mol. The maximum atomic E-state index is 14.6. The summed E-state index contributed by atoms with van der Waals surface area (Å²) in [5, 5.41) is 0.753. The maximum absolute atomic E-state index is 14.6. The first-order chi connectivity index (χ1) is 28.6. The second-order valence-corrected chi connectivity index (χ2v) is 21.5. The third-order valence-electron chi connectivity index (χ3n) is 15.7. The minimum atomic E-state index is -4.08. The van der Waals surface area contributed by atoms with Crippen molar-refractivity contribution in [3.63, 3.8) is 0 Å². The molecule has 0 radical (unpaired) electrons. The summed E-state index contributed by atoms with van der Waals surface area (Å²) < 4.78 is 44.3. The van der Waals surface area contributed by atoms with E-state index in [1.54, 1.807) is 6.07 Å². The van der Waals surface area contributed by atoms with E-state index in [2.05, 4.69) is 43.7 Å². The van der Waals surface area contributed by atoms with E-state index in [1.807, 2.05) is 55.6 Å². The van der Waals surface area contributed by atoms with Crippen LogP contribution in [0.1, 0.15) is 84.8 Å². The van der Waals surface area contributed by atoms with E-state index < -0.39 is 26.3 Å². The van der Waals surface area contributed by atoms with Gasteiger partial charge in [0.25, 0.3) is 5.91 Å². The molecular formula is C48H59ClN4O5S. The molecule has 314 valence electrons. The number of ether oxygens (including phenoxy) is 2. The van der Waals surface area contributed by atoms with Crippen molar-refractivity contribution in [2.75, 3.05) is 64.4 Å². The molecule has 0 unspecified atom stereocenters. The van der Waals surface area contributed by atoms with Gasteiger partial charge in [-0.3, -0.25) is 14.6 Å². The molecule has 2 saturated heterocycles. The summed E-state index contributed by atoms with van der Waals surface area (Å²) in [6, 6.07) is 22.2. The molecule has 0 aromatic heterocycles. The molecule has 7 atom stereocenters. The number of allylic oxidation sites excluding steroid dienone is 1. The van der Waals surface area contributed by atoms with E-state index in [-0.39, 0.29) is 17.3 Å². The van der Waals surface area contributed by atoms with Gasteiger partial charge in [0.1, 0.15) is 11.4 Å². The van der Waals surface area contributed by atoms with Crippen LogP contribution in [0.15, 0.2) is 78.9 Å². The zero-order valence-corrected chi connectivity index (χ0v) is 36.0. The van der Waals surface area contributed by atoms with Crippen molar-refractivity contribution in [3.8, 4) is 5.75 Å². The van der Waals surface area contributed by atoms with E-state index in [0.29, 0.717) is 43.4 Å². The SMILES string of the molecule is CO[C@@]1(CN2CCN3CCCC[C@@H]3C2)/C=C/C[C@@H]2C[C@]2(Cc2ccccc2)S(=O)(=O)NC(=O)c2ccc3c(c2)N(C[C@@H]2CC[C@H]21)C[C@@]1(CCCc2cc(Cl)ccc21)CO3. The Morgan fingerprint density at radius 3 is 2.68 bits per heavy atom. The summed E-state index contributed by atoms with van der Waals surface area (Å²) in [6.45, 7) is 7.23. The molecule has 3 aliphatic carbocycles. The molecule has 4 fully saturated rings. The number of carbonyl (C=O) groups is 1. The van der Waals surface area contributed by atoms with Crippen LogP contribution in [0, 0.1) is 17.8 Å². The van der Waals surface area contributed by atoms with Crippen molar-refractivity contribution in [1.82, 2.24) is 14.5 Å². The van der Waals surface area contributed by atoms with Crippen LogP contribution in [0.4, 0.5) is 5.69 Å². The summed E-state index contributed by atoms with van der Waals surface area (Å²) >= 11 is 6.56. The Morgan fingerprint density at radius 2 is 1.85 bits per heavy atom. The summed E-state index contributed by atoms with van der Waals surface area (Å²) in [5.74, 6) is 0.616. The Hall–Kier alpha value is -3.41. The molecule has 3 aromatic carbocycles. The lowest BCUT2D eigenvalue weighted by Crippen LogP contribution is -2.61. The number of nitrogens with one attached hydrogen (secondary N) is 1. The predicted octanol–water partition coefficient (Wildman–Crippen LogP) is 7.42. The van der Waals surface area contributed by atoms with Crippen LogP contribution in [0.5, 0.6) is 5.75 Å². The van der Waals surface area contributed by atoms with Gasteiger partial charge in [-0.05, 0) is 136 Å². The average Bonchev–Trinajstić information content (AvgIpc) is 3.97. The second-order valence-electron chi connectivity index (χ2n) is 19.0. The quantitative estimate of drug-likeness (QED) is 0.266. The van der Waals surface area contributed by atoms with Gasteiger partial charge in [0.2, 0.25) is 10.0 Å². The molecule has 3 aromatic rings. The number of benzene rings is 3. The number of piperazine rings is 1. The van der Waals surface area contributed by atoms with Crippen LogP contribution in [0.25, 0.3) is 0 Å². The lowest BCUT2D eigenvalue weighted by atomic mass is 9.63. The number of hydrogen-bond acceptors (Lipinski definition) is 8. The molecule has 2 saturated carbocycles. The molecule has 4 heterocycles. The highest BCUT2D eigenvalue weighted by molar-refractivity contribution is 7.91. The van der Waals surface area contributed by atoms with Gasteiger partial charge < -0.3 is 14.4 Å². The van der Waals surface area contributed by atoms with Crippen LogP contribution < -0.4 is 14.4 Å². The summed E-state index contributed by atoms with van der Waals surface area (Å²) in [7, 11) is -2.19. The van der Waals surface area contributed by atoms with E-state index in [0.717, 1.165) is 93.4 Å². The fourth-order valence-electron chi connectivity index (χ4n) is 12.2. The van der Waals surface area contributed by atoms with Gasteiger partial charge in [-0.2, -0.15) is 0 Å². The highest BCUT2D eigenvalue weighted by Gasteiger charge is 2.63. The minimum absolute atomic E-state index is 0.130. The number of aryl methyl sites for hydroxylation is 1. The van der Waals surface area contributed by atoms with Gasteiger partial charge in [0, 0.05) is 68.4 Å². The number of piperidine rings is 1. The zero-order chi connectivity index (χ0) is 40.4. The summed E-state index contributed by atoms with van der Waals surface area (Å²) in [4.78, 5) is 22.0. The van der Waals surface area contributed by atoms with Crippen molar-refractivity contribution >= 4 is 33.2 Å². The Bertz CT molecular complexity index is 2220. The fraction of sp³-hybridized carbons (Fsp3) is 0.562. The number of anilines is 1. The van der Waals surface area contributed by atoms with Gasteiger partial charge in [0.15, 0.2) is 0 Å². The normalized spacial score (nSPS) is 34.7. The molecule has 1 spiro atoms. The Balaban J connectivity index is 1.05. The minimum Gasteiger partial charge on any atom is -0.490 e. The molecule has 1 amide bonds. The number of carbonyl (C=O) groups excluding carboxylic acids is 1. The number of halogens is 1. The van der Waals surface area contributed by atoms with Crippen molar-refractivity contribution < 1.29 is 22.7 Å². The first-order valence-corrected chi connectivity index (χ1v) is 24.1. The number of fused-ring (bicyclic) bond motifs is 6. The molecule has 11 heteroatoms. The van der Waals surface area contributed by atoms with E-state index >= 15 is 0 Å². The molecule has 4 aliphatic heterocycles. The fourth-order valence-corrected chi connectivity index (χ4v) is 14.3. The summed E-state index contributed by atoms with van der Waals surface area (Å²) in [5.41, 5.74) is 3.90. The van der Waals surface area contributed by atoms with Crippen molar-refractivity contribution in [3.05, 3.63) is 106 Å². The van der Waals surface area contributed by atoms with Crippen LogP contribution in [0.3, 0.4) is 0 Å². The van der Waals surface area contributed by atoms with Crippen molar-refractivity contribution in [1.29, 1.82) is 0 Å². The molecule has 10 rings (SSSR count). The van der Waals surface area contributed by atoms with Crippen LogP contribution in [-0.2, 0) is 33.0 Å². The van der Waals surface area contributed by atoms with E-state index in [4.69, 9.17) is 21.1 Å². The highest BCUT2D eigenvalue weighted by atomic mass is 35.5. The van der Waals surface area contributed by atoms with Gasteiger partial charge in [-0.15, -0.1) is 0 Å². The first kappa shape index (κ1) is 39.7. The Kier molecular flexibility index (Phi) is 10.4. The number of hydrogen-bond donors (Lipinski definition) is 1. The molecule has 2 bridgehead atoms. The van der Waals surface area contributed by atoms with Crippen molar-refractivity contribution in [2.45, 2.75) is 92.4 Å². The van der Waals surface area contributed by atoms with E-state index in [9.17, 15) is 13.2 Å². The maximum Gasteiger partial charge on any atom is 0.264 e. The average molecular weight is 840 g/mol. The van der Waals surface area contributed by atoms with E-state index in [1.165, 1.54) is 36.9 Å². The predicted molar refractivity (Wildman–Crippen MR) is 233 cm³/mol. The van der Waals surface area contributed by atoms with Gasteiger partial charge in [0.05, 0.1) is 17.0 Å². The molecule has 9 nitrogen and oxygen atoms in total. The van der Waals surface area contributed by atoms with Crippen molar-refractivity contribution in [2.24, 2.45) is 17.8 Å². The topological polar surface area (TPSA) is 91.4 Å². The first-order valence-electron chi connectivity index (χ1n) is 22.2. The number of amides is 1. The third kappa shape index (κ3) is 7.22. The smallest absolute Gasteiger partial charge is 0.264 e. The lowest BCUT2D eigenvalue weighted by Gasteiger charge is -2.53. The number of sulfonamides is 1. The molecule has 59 heavy (non-hydrogen) atoms. The van der Waals surface area contributed by atoms with Gasteiger partial charge in [-0.1, -0.05) is 66.6 Å². The third-order valence-corrected chi connectivity index (χ3v) is 18.1. The lowest BCUT2D eigenvalue weighted by molar-refractivity contribution is -0.100. The Morgan fingerprint density at radius 1 is 0.966 bits per heavy atom. The second kappa shape index (κ2) is 15.5. The molecule has 7 aliphatic rings. The van der Waals surface area contributed by atoms with Crippen LogP contribution in [0.2, 0.25) is 5.02 Å². The van der Waals surface area contributed by atoms with Crippen LogP contribution >= 0.6 is 11.6 Å². The number of methoxy groups -OCH3 is 1. The highest BCUT2D eigenvalue weighted by Crippen LogP contribution is 2.55. The number of rotatable bonds is 5. The van der Waals surface area contributed by atoms with Crippen LogP contribution in [-0.4, -0.2) is 100 Å². The van der Waals surface area contributed by atoms with Gasteiger partial charge in [-0.25, -0.2) is 13.1 Å². The zero-order valence-electron chi connectivity index (χ0n) is 34.4. The summed E-state index contributed by atoms with van der Waals surface area (Å²) in [6.07, 6.45) is 15.0. The largest absolute Gasteiger partial charge is 0.490 e. The number of nitrogens with zero attached hydrogens (tertiary/aromatic N) is 3. The molecule has 1 N–H and O–H groups in total. The van der Waals surface area contributed by atoms with Gasteiger partial charge >= 0.3 is 0 Å². The standard InChI is InChI=1S/C48H59ClN4O5S/c1-57-47(32-51-23-24-52-22-6-5-13-40(52)30-51)21-8-12-38-28-48(38,27-34-9-3-2-4-10-34)59(55,56)50-45(54)36-15-19-44-43(26-36)53(29-37-14-17-42(37)47)31-46(33-58-44)20-7-11-35-25-39(49)16-18-41(35)46/h2-4,8-10,15-16,18-19,21,25-26,37-38,40,42H,5-7,11-14,17,20,22-24,27-33H2,1H3,(H,50,54)/b21-8+/t37-,38+,40+,42+,46-,47+,48-/m0/s1.